The summed E-state index contributed by atoms with van der Waals surface area (Å²) in [7, 11) is 0. The van der Waals surface area contributed by atoms with Crippen molar-refractivity contribution in [2.45, 2.75) is 79.1 Å². The molecule has 0 fully saturated rings. The van der Waals surface area contributed by atoms with Crippen LogP contribution in [0.15, 0.2) is 109 Å². The molecular formula is C49H53N7+2. The van der Waals surface area contributed by atoms with Crippen molar-refractivity contribution in [1.82, 2.24) is 9.97 Å². The van der Waals surface area contributed by atoms with Gasteiger partial charge < -0.3 is 16.8 Å². The standard InChI is InChI=1S/C49H51N7/c1-32-24-42-46(55(37-19-13-10-14-20-37)47-29-39(50)33(2)25-43(47)53-42)28-36(32)18-12-8-6-5-7-9-17-23-52-41-31-49-45(27-35(41)4)54-44-26-34(3)40(51)30-48(44)56(49)38-21-15-11-16-22-38/h10-11,13-16,19-22,24-31,50H,5-9,12,17-18,23H2,1-4H3,(H2,51,52)/p+2. The number of fused-ring (bicyclic) bond motifs is 4. The highest BCUT2D eigenvalue weighted by Gasteiger charge is 2.23. The van der Waals surface area contributed by atoms with Gasteiger partial charge in [-0.25, -0.2) is 9.97 Å². The van der Waals surface area contributed by atoms with Gasteiger partial charge >= 0.3 is 0 Å². The maximum atomic E-state index is 6.41. The fraction of sp³-hybridized carbons (Fsp3) is 0.265. The summed E-state index contributed by atoms with van der Waals surface area (Å²) in [4.78, 5) is 10.2. The summed E-state index contributed by atoms with van der Waals surface area (Å²) < 4.78 is 4.61. The number of hydrogen-bond acceptors (Lipinski definition) is 5. The van der Waals surface area contributed by atoms with Crippen molar-refractivity contribution < 1.29 is 9.13 Å². The zero-order valence-corrected chi connectivity index (χ0v) is 33.2. The first-order valence-electron chi connectivity index (χ1n) is 20.2. The minimum Gasteiger partial charge on any atom is -0.398 e. The van der Waals surface area contributed by atoms with Gasteiger partial charge in [0.25, 0.3) is 0 Å². The molecule has 0 atom stereocenters. The van der Waals surface area contributed by atoms with Crippen molar-refractivity contribution in [3.05, 3.63) is 137 Å². The maximum Gasteiger partial charge on any atom is 0.239 e. The van der Waals surface area contributed by atoms with E-state index in [1.54, 1.807) is 0 Å². The molecule has 0 bridgehead atoms. The van der Waals surface area contributed by atoms with Crippen LogP contribution < -0.4 is 25.9 Å². The maximum absolute atomic E-state index is 6.41. The Bertz CT molecular complexity index is 2520. The summed E-state index contributed by atoms with van der Waals surface area (Å²) in [6, 6.07) is 38.5. The highest BCUT2D eigenvalue weighted by atomic mass is 15.0. The molecule has 0 radical (unpaired) electrons. The number of hydrogen-bond donors (Lipinski definition) is 3. The van der Waals surface area contributed by atoms with E-state index in [-0.39, 0.29) is 0 Å². The molecular weight excluding hydrogens is 687 g/mol. The van der Waals surface area contributed by atoms with Gasteiger partial charge in [-0.2, -0.15) is 0 Å². The first-order valence-corrected chi connectivity index (χ1v) is 20.2. The third-order valence-corrected chi connectivity index (χ3v) is 11.4. The summed E-state index contributed by atoms with van der Waals surface area (Å²) in [6.45, 7) is 9.44. The summed E-state index contributed by atoms with van der Waals surface area (Å²) in [5.74, 6) is 0. The van der Waals surface area contributed by atoms with E-state index in [4.69, 9.17) is 21.4 Å². The Balaban J connectivity index is 0.868. The molecule has 0 aliphatic rings. The Morgan fingerprint density at radius 2 is 0.893 bits per heavy atom. The number of nitrogens with zero attached hydrogens (tertiary/aromatic N) is 4. The van der Waals surface area contributed by atoms with Crippen molar-refractivity contribution >= 4 is 61.2 Å². The van der Waals surface area contributed by atoms with Gasteiger partial charge in [0.1, 0.15) is 22.1 Å². The number of nitrogens with one attached hydrogen (secondary N) is 1. The molecule has 0 amide bonds. The lowest BCUT2D eigenvalue weighted by atomic mass is 9.99. The molecule has 8 rings (SSSR count). The van der Waals surface area contributed by atoms with Gasteiger partial charge in [-0.15, -0.1) is 9.13 Å². The van der Waals surface area contributed by atoms with Crippen LogP contribution in [0.1, 0.15) is 72.8 Å². The van der Waals surface area contributed by atoms with E-state index < -0.39 is 0 Å². The highest BCUT2D eigenvalue weighted by molar-refractivity contribution is 5.88. The highest BCUT2D eigenvalue weighted by Crippen LogP contribution is 2.28. The Hall–Kier alpha value is -6.08. The predicted molar refractivity (Wildman–Crippen MR) is 234 cm³/mol. The summed E-state index contributed by atoms with van der Waals surface area (Å²) in [5, 5.41) is 3.75. The lowest BCUT2D eigenvalue weighted by Gasteiger charge is -2.12. The molecule has 5 N–H and O–H groups in total. The molecule has 0 unspecified atom stereocenters. The smallest absolute Gasteiger partial charge is 0.239 e. The summed E-state index contributed by atoms with van der Waals surface area (Å²) >= 11 is 0. The molecule has 0 saturated carbocycles. The molecule has 7 heteroatoms. The fourth-order valence-electron chi connectivity index (χ4n) is 8.11. The Labute approximate surface area is 330 Å². The molecule has 0 spiro atoms. The summed E-state index contributed by atoms with van der Waals surface area (Å²) in [5.41, 5.74) is 31.9. The first-order chi connectivity index (χ1) is 27.2. The second-order valence-corrected chi connectivity index (χ2v) is 15.5. The molecule has 2 heterocycles. The third-order valence-electron chi connectivity index (χ3n) is 11.4. The lowest BCUT2D eigenvalue weighted by molar-refractivity contribution is -0.538. The minimum atomic E-state index is 0.777. The Morgan fingerprint density at radius 1 is 0.464 bits per heavy atom. The number of benzene rings is 6. The number of anilines is 3. The van der Waals surface area contributed by atoms with Crippen LogP contribution in [0.4, 0.5) is 17.1 Å². The third kappa shape index (κ3) is 7.46. The predicted octanol–water partition coefficient (Wildman–Crippen LogP) is 10.4. The van der Waals surface area contributed by atoms with Crippen LogP contribution in [0.5, 0.6) is 0 Å². The van der Waals surface area contributed by atoms with Gasteiger partial charge in [0, 0.05) is 72.1 Å². The van der Waals surface area contributed by atoms with Gasteiger partial charge in [-0.1, -0.05) is 68.5 Å². The Morgan fingerprint density at radius 3 is 1.43 bits per heavy atom. The van der Waals surface area contributed by atoms with E-state index in [1.807, 2.05) is 13.8 Å². The van der Waals surface area contributed by atoms with E-state index in [0.29, 0.717) is 0 Å². The van der Waals surface area contributed by atoms with E-state index in [1.165, 1.54) is 55.2 Å². The lowest BCUT2D eigenvalue weighted by Crippen LogP contribution is -2.33. The van der Waals surface area contributed by atoms with E-state index in [2.05, 4.69) is 137 Å². The van der Waals surface area contributed by atoms with Crippen LogP contribution in [0.25, 0.3) is 55.5 Å². The second-order valence-electron chi connectivity index (χ2n) is 15.5. The number of aryl methyl sites for hydroxylation is 5. The van der Waals surface area contributed by atoms with Gasteiger partial charge in [-0.3, -0.25) is 0 Å². The first kappa shape index (κ1) is 36.9. The number of unbranched alkanes of at least 4 members (excludes halogenated alkanes) is 6. The van der Waals surface area contributed by atoms with Crippen LogP contribution in [0, 0.1) is 27.7 Å². The molecule has 282 valence electrons. The zero-order valence-electron chi connectivity index (χ0n) is 33.2. The average molecular weight is 740 g/mol. The number of rotatable bonds is 13. The van der Waals surface area contributed by atoms with E-state index in [0.717, 1.165) is 103 Å². The molecule has 56 heavy (non-hydrogen) atoms. The second kappa shape index (κ2) is 16.0. The fourth-order valence-corrected chi connectivity index (χ4v) is 8.11. The van der Waals surface area contributed by atoms with Crippen LogP contribution in [0.2, 0.25) is 0 Å². The molecule has 0 aliphatic heterocycles. The molecule has 8 aromatic rings. The van der Waals surface area contributed by atoms with Gasteiger partial charge in [0.2, 0.25) is 33.4 Å². The van der Waals surface area contributed by atoms with Crippen LogP contribution in [-0.2, 0) is 6.42 Å². The van der Waals surface area contributed by atoms with Crippen LogP contribution in [0.3, 0.4) is 0 Å². The van der Waals surface area contributed by atoms with Gasteiger partial charge in [0.05, 0.1) is 0 Å². The van der Waals surface area contributed by atoms with Crippen LogP contribution in [-0.4, -0.2) is 16.5 Å². The molecule has 2 aromatic heterocycles. The largest absolute Gasteiger partial charge is 0.398 e. The zero-order chi connectivity index (χ0) is 38.8. The SMILES string of the molecule is Cc1cc2nc3cc(C)c(CCCCCCCCCNc4cc5c(cc4C)nc4cc(C)c(N)cc4[n+]5-c4ccccc4)cc3[n+](-c3ccccc3)c2cc1N. The van der Waals surface area contributed by atoms with Crippen molar-refractivity contribution in [3.63, 3.8) is 0 Å². The average Bonchev–Trinajstić information content (AvgIpc) is 3.19. The van der Waals surface area contributed by atoms with Gasteiger partial charge in [0.15, 0.2) is 0 Å². The monoisotopic (exact) mass is 739 g/mol. The topological polar surface area (TPSA) is 97.6 Å². The molecule has 6 aromatic carbocycles. The van der Waals surface area contributed by atoms with Crippen molar-refractivity contribution in [3.8, 4) is 11.4 Å². The van der Waals surface area contributed by atoms with E-state index in [9.17, 15) is 0 Å². The number of nitrogen functional groups attached to an aromatic ring is 2. The summed E-state index contributed by atoms with van der Waals surface area (Å²) in [6.07, 6.45) is 9.67. The number of nitrogens with two attached hydrogens (primary N) is 2. The number of para-hydroxylation sites is 2. The normalized spacial score (nSPS) is 11.6. The van der Waals surface area contributed by atoms with Crippen molar-refractivity contribution in [2.75, 3.05) is 23.3 Å². The minimum absolute atomic E-state index is 0.777. The van der Waals surface area contributed by atoms with Crippen LogP contribution >= 0.6 is 0 Å². The molecule has 0 saturated heterocycles. The quantitative estimate of drug-likeness (QED) is 0.0473. The number of aromatic nitrogens is 4. The van der Waals surface area contributed by atoms with Crippen molar-refractivity contribution in [2.24, 2.45) is 0 Å². The molecule has 7 nitrogen and oxygen atoms in total. The van der Waals surface area contributed by atoms with Gasteiger partial charge in [-0.05, 0) is 99.0 Å². The van der Waals surface area contributed by atoms with Crippen molar-refractivity contribution in [1.29, 1.82) is 0 Å². The molecule has 0 aliphatic carbocycles. The van der Waals surface area contributed by atoms with E-state index >= 15 is 0 Å². The Kier molecular flexibility index (Phi) is 10.5.